The molecule has 0 saturated heterocycles. The van der Waals surface area contributed by atoms with Gasteiger partial charge in [0.1, 0.15) is 5.75 Å². The van der Waals surface area contributed by atoms with Crippen molar-refractivity contribution in [3.8, 4) is 5.75 Å². The Morgan fingerprint density at radius 2 is 1.95 bits per heavy atom. The van der Waals surface area contributed by atoms with Gasteiger partial charge in [-0.05, 0) is 30.3 Å². The van der Waals surface area contributed by atoms with Crippen molar-refractivity contribution in [2.24, 2.45) is 0 Å². The molecule has 21 heavy (non-hydrogen) atoms. The van der Waals surface area contributed by atoms with Crippen LogP contribution in [0.5, 0.6) is 5.75 Å². The zero-order valence-electron chi connectivity index (χ0n) is 10.6. The number of urea groups is 1. The number of hydrogen-bond donors (Lipinski definition) is 3. The fraction of sp³-hybridized carbons (Fsp3) is 0.167. The number of hydrogen-bond acceptors (Lipinski definition) is 3. The maximum absolute atomic E-state index is 12.0. The number of H-pyrrole nitrogens is 1. The van der Waals surface area contributed by atoms with Crippen molar-refractivity contribution in [3.63, 3.8) is 0 Å². The summed E-state index contributed by atoms with van der Waals surface area (Å²) in [6, 6.07) is 6.03. The third kappa shape index (κ3) is 5.05. The maximum atomic E-state index is 12.0. The molecule has 0 aliphatic heterocycles. The lowest BCUT2D eigenvalue weighted by Crippen LogP contribution is -2.28. The molecule has 2 rings (SSSR count). The van der Waals surface area contributed by atoms with Crippen LogP contribution in [0, 0.1) is 0 Å². The number of aromatic amines is 1. The van der Waals surface area contributed by atoms with Crippen LogP contribution < -0.4 is 15.4 Å². The van der Waals surface area contributed by atoms with Crippen molar-refractivity contribution >= 4 is 11.7 Å². The molecule has 2 amide bonds. The highest BCUT2D eigenvalue weighted by Crippen LogP contribution is 2.23. The van der Waals surface area contributed by atoms with E-state index in [1.165, 1.54) is 12.1 Å². The van der Waals surface area contributed by atoms with Crippen molar-refractivity contribution < 1.29 is 22.7 Å². The fourth-order valence-corrected chi connectivity index (χ4v) is 1.47. The summed E-state index contributed by atoms with van der Waals surface area (Å²) in [6.07, 6.45) is -3.19. The molecule has 0 spiro atoms. The summed E-state index contributed by atoms with van der Waals surface area (Å²) in [5.41, 5.74) is 1.06. The molecule has 0 saturated carbocycles. The first-order valence-corrected chi connectivity index (χ1v) is 5.81. The van der Waals surface area contributed by atoms with Gasteiger partial charge in [0.05, 0.1) is 12.2 Å². The number of carbonyl (C=O) groups excluding carboxylic acids is 1. The highest BCUT2D eigenvalue weighted by Gasteiger charge is 2.30. The molecule has 1 aromatic heterocycles. The number of benzene rings is 1. The maximum Gasteiger partial charge on any atom is 0.573 e. The van der Waals surface area contributed by atoms with Crippen LogP contribution in [-0.2, 0) is 6.54 Å². The average Bonchev–Trinajstić information content (AvgIpc) is 2.90. The van der Waals surface area contributed by atoms with E-state index in [9.17, 15) is 18.0 Å². The molecule has 1 heterocycles. The lowest BCUT2D eigenvalue weighted by molar-refractivity contribution is -0.274. The van der Waals surface area contributed by atoms with Gasteiger partial charge in [-0.2, -0.15) is 5.10 Å². The molecule has 0 fully saturated rings. The number of halogens is 3. The first-order valence-electron chi connectivity index (χ1n) is 5.81. The van der Waals surface area contributed by atoms with E-state index in [4.69, 9.17) is 0 Å². The number of ether oxygens (including phenoxy) is 1. The van der Waals surface area contributed by atoms with Gasteiger partial charge in [-0.15, -0.1) is 13.2 Å². The summed E-state index contributed by atoms with van der Waals surface area (Å²) in [5.74, 6) is -0.356. The van der Waals surface area contributed by atoms with Crippen molar-refractivity contribution in [1.29, 1.82) is 0 Å². The van der Waals surface area contributed by atoms with Gasteiger partial charge >= 0.3 is 12.4 Å². The average molecular weight is 300 g/mol. The third-order valence-electron chi connectivity index (χ3n) is 2.34. The van der Waals surface area contributed by atoms with E-state index in [1.807, 2.05) is 0 Å². The Kier molecular flexibility index (Phi) is 4.31. The number of rotatable bonds is 4. The second-order valence-electron chi connectivity index (χ2n) is 3.96. The van der Waals surface area contributed by atoms with Crippen molar-refractivity contribution in [2.75, 3.05) is 5.32 Å². The standard InChI is InChI=1S/C12H11F3N4O2/c13-12(14,15)21-10-3-1-8(2-4-10)18-11(20)16-7-9-5-6-17-19-9/h1-6H,7H2,(H,17,19)(H2,16,18,20). The lowest BCUT2D eigenvalue weighted by atomic mass is 10.3. The molecule has 9 heteroatoms. The number of aromatic nitrogens is 2. The molecule has 6 nitrogen and oxygen atoms in total. The predicted octanol–water partition coefficient (Wildman–Crippen LogP) is 2.63. The van der Waals surface area contributed by atoms with Crippen molar-refractivity contribution in [1.82, 2.24) is 15.5 Å². The second-order valence-corrected chi connectivity index (χ2v) is 3.96. The molecular weight excluding hydrogens is 289 g/mol. The number of nitrogens with one attached hydrogen (secondary N) is 3. The van der Waals surface area contributed by atoms with Gasteiger partial charge in [0.2, 0.25) is 0 Å². The van der Waals surface area contributed by atoms with Crippen LogP contribution in [-0.4, -0.2) is 22.6 Å². The van der Waals surface area contributed by atoms with Crippen LogP contribution in [0.15, 0.2) is 36.5 Å². The monoisotopic (exact) mass is 300 g/mol. The number of amides is 2. The Labute approximate surface area is 117 Å². The summed E-state index contributed by atoms with van der Waals surface area (Å²) < 4.78 is 39.6. The molecular formula is C12H11F3N4O2. The lowest BCUT2D eigenvalue weighted by Gasteiger charge is -2.10. The van der Waals surface area contributed by atoms with E-state index < -0.39 is 12.4 Å². The van der Waals surface area contributed by atoms with Crippen molar-refractivity contribution in [3.05, 3.63) is 42.2 Å². The number of nitrogens with zero attached hydrogens (tertiary/aromatic N) is 1. The van der Waals surface area contributed by atoms with Crippen LogP contribution in [0.25, 0.3) is 0 Å². The van der Waals surface area contributed by atoms with Gasteiger partial charge in [0.25, 0.3) is 0 Å². The minimum Gasteiger partial charge on any atom is -0.406 e. The Bertz CT molecular complexity index is 582. The van der Waals surface area contributed by atoms with E-state index >= 15 is 0 Å². The zero-order chi connectivity index (χ0) is 15.3. The van der Waals surface area contributed by atoms with E-state index in [1.54, 1.807) is 12.3 Å². The first-order chi connectivity index (χ1) is 9.92. The smallest absolute Gasteiger partial charge is 0.406 e. The highest BCUT2D eigenvalue weighted by molar-refractivity contribution is 5.89. The van der Waals surface area contributed by atoms with E-state index in [0.717, 1.165) is 17.8 Å². The number of carbonyl (C=O) groups is 1. The topological polar surface area (TPSA) is 79.0 Å². The molecule has 0 atom stereocenters. The Hall–Kier alpha value is -2.71. The van der Waals surface area contributed by atoms with Gasteiger partial charge in [0, 0.05) is 11.9 Å². The molecule has 0 bridgehead atoms. The van der Waals surface area contributed by atoms with Crippen LogP contribution in [0.3, 0.4) is 0 Å². The fourth-order valence-electron chi connectivity index (χ4n) is 1.47. The molecule has 3 N–H and O–H groups in total. The number of alkyl halides is 3. The predicted molar refractivity (Wildman–Crippen MR) is 67.6 cm³/mol. The Balaban J connectivity index is 1.83. The Morgan fingerprint density at radius 3 is 2.52 bits per heavy atom. The van der Waals surface area contributed by atoms with Gasteiger partial charge in [-0.3, -0.25) is 5.10 Å². The molecule has 0 aliphatic rings. The SMILES string of the molecule is O=C(NCc1ccn[nH]1)Nc1ccc(OC(F)(F)F)cc1. The third-order valence-corrected chi connectivity index (χ3v) is 2.34. The zero-order valence-corrected chi connectivity index (χ0v) is 10.6. The van der Waals surface area contributed by atoms with E-state index in [-0.39, 0.29) is 12.3 Å². The molecule has 0 aliphatic carbocycles. The van der Waals surface area contributed by atoms with Crippen LogP contribution in [0.1, 0.15) is 5.69 Å². The van der Waals surface area contributed by atoms with E-state index in [2.05, 4.69) is 25.6 Å². The summed E-state index contributed by atoms with van der Waals surface area (Å²) >= 11 is 0. The minimum absolute atomic E-state index is 0.251. The van der Waals surface area contributed by atoms with E-state index in [0.29, 0.717) is 5.69 Å². The van der Waals surface area contributed by atoms with Crippen LogP contribution >= 0.6 is 0 Å². The van der Waals surface area contributed by atoms with Crippen LogP contribution in [0.4, 0.5) is 23.7 Å². The molecule has 2 aromatic rings. The van der Waals surface area contributed by atoms with Gasteiger partial charge in [-0.25, -0.2) is 4.79 Å². The molecule has 1 aromatic carbocycles. The second kappa shape index (κ2) is 6.16. The normalized spacial score (nSPS) is 11.0. The quantitative estimate of drug-likeness (QED) is 0.812. The van der Waals surface area contributed by atoms with Gasteiger partial charge in [0.15, 0.2) is 0 Å². The minimum atomic E-state index is -4.74. The van der Waals surface area contributed by atoms with Crippen molar-refractivity contribution in [2.45, 2.75) is 12.9 Å². The summed E-state index contributed by atoms with van der Waals surface area (Å²) in [5, 5.41) is 11.4. The largest absolute Gasteiger partial charge is 0.573 e. The molecule has 0 radical (unpaired) electrons. The Morgan fingerprint density at radius 1 is 1.24 bits per heavy atom. The van der Waals surface area contributed by atoms with Gasteiger partial charge in [-0.1, -0.05) is 0 Å². The van der Waals surface area contributed by atoms with Crippen LogP contribution in [0.2, 0.25) is 0 Å². The summed E-state index contributed by atoms with van der Waals surface area (Å²) in [7, 11) is 0. The molecule has 0 unspecified atom stereocenters. The summed E-state index contributed by atoms with van der Waals surface area (Å²) in [6.45, 7) is 0.251. The first kappa shape index (κ1) is 14.7. The summed E-state index contributed by atoms with van der Waals surface area (Å²) in [4.78, 5) is 11.6. The number of anilines is 1. The van der Waals surface area contributed by atoms with Gasteiger partial charge < -0.3 is 15.4 Å². The highest BCUT2D eigenvalue weighted by atomic mass is 19.4. The molecule has 112 valence electrons.